The molecule has 0 spiro atoms. The average molecular weight is 183 g/mol. The zero-order valence-corrected chi connectivity index (χ0v) is 9.21. The maximum atomic E-state index is 11.9. The molecule has 13 heavy (non-hydrogen) atoms. The Bertz CT molecular complexity index is 169. The highest BCUT2D eigenvalue weighted by Crippen LogP contribution is 2.25. The normalized spacial score (nSPS) is 24.6. The van der Waals surface area contributed by atoms with Crippen LogP contribution < -0.4 is 0 Å². The Morgan fingerprint density at radius 3 is 2.38 bits per heavy atom. The lowest BCUT2D eigenvalue weighted by Crippen LogP contribution is -2.46. The van der Waals surface area contributed by atoms with Crippen molar-refractivity contribution in [2.24, 2.45) is 11.8 Å². The number of nitrogens with zero attached hydrogens (tertiary/aromatic N) is 1. The number of hydrogen-bond acceptors (Lipinski definition) is 1. The summed E-state index contributed by atoms with van der Waals surface area (Å²) in [7, 11) is 0. The van der Waals surface area contributed by atoms with Crippen molar-refractivity contribution in [1.29, 1.82) is 0 Å². The van der Waals surface area contributed by atoms with Gasteiger partial charge in [-0.15, -0.1) is 0 Å². The van der Waals surface area contributed by atoms with E-state index in [1.807, 2.05) is 4.90 Å². The highest BCUT2D eigenvalue weighted by atomic mass is 16.2. The van der Waals surface area contributed by atoms with Crippen molar-refractivity contribution in [3.8, 4) is 0 Å². The summed E-state index contributed by atoms with van der Waals surface area (Å²) in [4.78, 5) is 14.0. The minimum Gasteiger partial charge on any atom is -0.340 e. The Kier molecular flexibility index (Phi) is 3.34. The van der Waals surface area contributed by atoms with E-state index in [9.17, 15) is 4.79 Å². The van der Waals surface area contributed by atoms with Crippen LogP contribution in [0.3, 0.4) is 0 Å². The molecule has 1 aliphatic rings. The quantitative estimate of drug-likeness (QED) is 0.643. The molecule has 1 unspecified atom stereocenters. The van der Waals surface area contributed by atoms with Crippen LogP contribution in [0.1, 0.15) is 40.5 Å². The number of carbonyl (C=O) groups excluding carboxylic acids is 1. The summed E-state index contributed by atoms with van der Waals surface area (Å²) in [6, 6.07) is 0.369. The summed E-state index contributed by atoms with van der Waals surface area (Å²) in [5.41, 5.74) is 0. The van der Waals surface area contributed by atoms with Gasteiger partial charge in [-0.3, -0.25) is 4.79 Å². The first-order valence-corrected chi connectivity index (χ1v) is 5.34. The van der Waals surface area contributed by atoms with Gasteiger partial charge >= 0.3 is 0 Å². The maximum Gasteiger partial charge on any atom is 0.226 e. The number of piperidine rings is 1. The second kappa shape index (κ2) is 4.12. The van der Waals surface area contributed by atoms with Gasteiger partial charge in [-0.25, -0.2) is 0 Å². The van der Waals surface area contributed by atoms with Crippen LogP contribution >= 0.6 is 0 Å². The van der Waals surface area contributed by atoms with E-state index in [0.717, 1.165) is 13.0 Å². The molecular formula is C11H21NO. The monoisotopic (exact) mass is 183 g/mol. The molecule has 1 aliphatic heterocycles. The molecule has 0 bridgehead atoms. The van der Waals surface area contributed by atoms with Crippen LogP contribution in [0.5, 0.6) is 0 Å². The first kappa shape index (κ1) is 10.6. The molecule has 2 heteroatoms. The lowest BCUT2D eigenvalue weighted by atomic mass is 9.86. The van der Waals surface area contributed by atoms with Crippen molar-refractivity contribution in [1.82, 2.24) is 4.90 Å². The van der Waals surface area contributed by atoms with Crippen LogP contribution in [-0.4, -0.2) is 23.4 Å². The van der Waals surface area contributed by atoms with Gasteiger partial charge in [0, 0.05) is 18.5 Å². The molecule has 1 heterocycles. The average Bonchev–Trinajstić information content (AvgIpc) is 2.03. The molecule has 2 nitrogen and oxygen atoms in total. The van der Waals surface area contributed by atoms with Crippen LogP contribution in [0.15, 0.2) is 0 Å². The van der Waals surface area contributed by atoms with Gasteiger partial charge in [0.1, 0.15) is 0 Å². The van der Waals surface area contributed by atoms with Gasteiger partial charge in [0.25, 0.3) is 0 Å². The summed E-state index contributed by atoms with van der Waals surface area (Å²) >= 11 is 0. The number of rotatable bonds is 2. The van der Waals surface area contributed by atoms with Crippen LogP contribution in [0.25, 0.3) is 0 Å². The fraction of sp³-hybridized carbons (Fsp3) is 0.909. The molecule has 1 rings (SSSR count). The van der Waals surface area contributed by atoms with Gasteiger partial charge in [-0.05, 0) is 32.6 Å². The third-order valence-corrected chi connectivity index (χ3v) is 2.94. The highest BCUT2D eigenvalue weighted by Gasteiger charge is 2.31. The first-order chi connectivity index (χ1) is 6.04. The SMILES string of the molecule is CC(C)C1CCCN(C(C)C)C1=O. The minimum atomic E-state index is 0.274. The first-order valence-electron chi connectivity index (χ1n) is 5.34. The predicted molar refractivity (Wildman–Crippen MR) is 54.4 cm³/mol. The lowest BCUT2D eigenvalue weighted by Gasteiger charge is -2.36. The van der Waals surface area contributed by atoms with Gasteiger partial charge in [0.2, 0.25) is 5.91 Å². The van der Waals surface area contributed by atoms with Crippen molar-refractivity contribution in [3.63, 3.8) is 0 Å². The van der Waals surface area contributed by atoms with E-state index < -0.39 is 0 Å². The summed E-state index contributed by atoms with van der Waals surface area (Å²) < 4.78 is 0. The molecule has 0 saturated carbocycles. The largest absolute Gasteiger partial charge is 0.340 e. The maximum absolute atomic E-state index is 11.9. The molecule has 0 aliphatic carbocycles. The molecular weight excluding hydrogens is 162 g/mol. The van der Waals surface area contributed by atoms with Crippen molar-refractivity contribution in [2.75, 3.05) is 6.54 Å². The zero-order chi connectivity index (χ0) is 10.0. The third kappa shape index (κ3) is 2.23. The van der Waals surface area contributed by atoms with Crippen LogP contribution in [-0.2, 0) is 4.79 Å². The molecule has 1 saturated heterocycles. The smallest absolute Gasteiger partial charge is 0.226 e. The Labute approximate surface area is 81.3 Å². The number of hydrogen-bond donors (Lipinski definition) is 0. The molecule has 0 N–H and O–H groups in total. The van der Waals surface area contributed by atoms with Crippen LogP contribution in [0.2, 0.25) is 0 Å². The van der Waals surface area contributed by atoms with Crippen molar-refractivity contribution >= 4 is 5.91 Å². The van der Waals surface area contributed by atoms with Crippen LogP contribution in [0.4, 0.5) is 0 Å². The zero-order valence-electron chi connectivity index (χ0n) is 9.21. The summed E-state index contributed by atoms with van der Waals surface area (Å²) in [6.07, 6.45) is 2.26. The van der Waals surface area contributed by atoms with E-state index in [2.05, 4.69) is 27.7 Å². The number of amides is 1. The Hall–Kier alpha value is -0.530. The standard InChI is InChI=1S/C11H21NO/c1-8(2)10-6-5-7-12(9(3)4)11(10)13/h8-10H,5-7H2,1-4H3. The molecule has 76 valence electrons. The van der Waals surface area contributed by atoms with Crippen LogP contribution in [0, 0.1) is 11.8 Å². The molecule has 0 aromatic heterocycles. The van der Waals surface area contributed by atoms with E-state index in [0.29, 0.717) is 17.9 Å². The number of likely N-dealkylation sites (tertiary alicyclic amines) is 1. The summed E-state index contributed by atoms with van der Waals surface area (Å²) in [6.45, 7) is 9.44. The van der Waals surface area contributed by atoms with E-state index >= 15 is 0 Å². The Morgan fingerprint density at radius 1 is 1.31 bits per heavy atom. The van der Waals surface area contributed by atoms with Gasteiger partial charge in [-0.2, -0.15) is 0 Å². The number of carbonyl (C=O) groups is 1. The van der Waals surface area contributed by atoms with Gasteiger partial charge in [-0.1, -0.05) is 13.8 Å². The predicted octanol–water partition coefficient (Wildman–Crippen LogP) is 2.29. The molecule has 0 aromatic carbocycles. The Morgan fingerprint density at radius 2 is 1.92 bits per heavy atom. The van der Waals surface area contributed by atoms with Gasteiger partial charge < -0.3 is 4.90 Å². The van der Waals surface area contributed by atoms with E-state index in [4.69, 9.17) is 0 Å². The second-order valence-electron chi connectivity index (χ2n) is 4.62. The molecule has 0 radical (unpaired) electrons. The molecule has 1 fully saturated rings. The topological polar surface area (TPSA) is 20.3 Å². The lowest BCUT2D eigenvalue weighted by molar-refractivity contribution is -0.142. The minimum absolute atomic E-state index is 0.274. The van der Waals surface area contributed by atoms with Crippen molar-refractivity contribution < 1.29 is 4.79 Å². The van der Waals surface area contributed by atoms with E-state index in [1.165, 1.54) is 6.42 Å². The Balaban J connectivity index is 2.66. The van der Waals surface area contributed by atoms with Gasteiger partial charge in [0.15, 0.2) is 0 Å². The van der Waals surface area contributed by atoms with E-state index in [-0.39, 0.29) is 5.92 Å². The van der Waals surface area contributed by atoms with Crippen molar-refractivity contribution in [2.45, 2.75) is 46.6 Å². The third-order valence-electron chi connectivity index (χ3n) is 2.94. The van der Waals surface area contributed by atoms with E-state index in [1.54, 1.807) is 0 Å². The molecule has 1 amide bonds. The summed E-state index contributed by atoms with van der Waals surface area (Å²) in [5.74, 6) is 1.14. The van der Waals surface area contributed by atoms with Gasteiger partial charge in [0.05, 0.1) is 0 Å². The van der Waals surface area contributed by atoms with Crippen molar-refractivity contribution in [3.05, 3.63) is 0 Å². The second-order valence-corrected chi connectivity index (χ2v) is 4.62. The fourth-order valence-corrected chi connectivity index (χ4v) is 2.06. The fourth-order valence-electron chi connectivity index (χ4n) is 2.06. The molecule has 1 atom stereocenters. The highest BCUT2D eigenvalue weighted by molar-refractivity contribution is 5.80. The molecule has 0 aromatic rings. The summed E-state index contributed by atoms with van der Waals surface area (Å²) in [5, 5.41) is 0.